The Morgan fingerprint density at radius 3 is 2.55 bits per heavy atom. The molecule has 1 aromatic rings. The molecule has 0 aliphatic heterocycles. The molecule has 0 saturated heterocycles. The van der Waals surface area contributed by atoms with Gasteiger partial charge >= 0.3 is 0 Å². The molecule has 2 rings (SSSR count). The van der Waals surface area contributed by atoms with Crippen molar-refractivity contribution in [2.75, 3.05) is 20.3 Å². The molecule has 0 heterocycles. The second-order valence-corrected chi connectivity index (χ2v) is 7.62. The van der Waals surface area contributed by atoms with E-state index in [2.05, 4.69) is 4.72 Å². The van der Waals surface area contributed by atoms with Crippen molar-refractivity contribution in [3.8, 4) is 0 Å². The summed E-state index contributed by atoms with van der Waals surface area (Å²) < 4.78 is 32.9. The van der Waals surface area contributed by atoms with Crippen LogP contribution in [0.1, 0.15) is 30.4 Å². The molecule has 20 heavy (non-hydrogen) atoms. The van der Waals surface area contributed by atoms with Crippen molar-refractivity contribution in [3.05, 3.63) is 29.3 Å². The molecule has 0 spiro atoms. The zero-order valence-corrected chi connectivity index (χ0v) is 13.2. The van der Waals surface area contributed by atoms with E-state index in [0.717, 1.165) is 30.4 Å². The Labute approximate surface area is 121 Å². The SMILES string of the molecule is COCC1(CNS(=O)(=O)c2cc(C)ccc2C)CCC1. The van der Waals surface area contributed by atoms with Gasteiger partial charge in [0.1, 0.15) is 0 Å². The molecule has 1 aliphatic carbocycles. The normalized spacial score (nSPS) is 17.8. The zero-order valence-electron chi connectivity index (χ0n) is 12.4. The fraction of sp³-hybridized carbons (Fsp3) is 0.600. The van der Waals surface area contributed by atoms with Gasteiger partial charge in [0.2, 0.25) is 10.0 Å². The van der Waals surface area contributed by atoms with E-state index in [1.165, 1.54) is 0 Å². The van der Waals surface area contributed by atoms with Gasteiger partial charge in [-0.05, 0) is 43.9 Å². The Morgan fingerprint density at radius 2 is 2.00 bits per heavy atom. The summed E-state index contributed by atoms with van der Waals surface area (Å²) in [5, 5.41) is 0. The molecule has 1 saturated carbocycles. The highest BCUT2D eigenvalue weighted by molar-refractivity contribution is 7.89. The van der Waals surface area contributed by atoms with Crippen LogP contribution in [-0.2, 0) is 14.8 Å². The van der Waals surface area contributed by atoms with Crippen LogP contribution in [0.15, 0.2) is 23.1 Å². The van der Waals surface area contributed by atoms with Crippen LogP contribution in [0, 0.1) is 19.3 Å². The average molecular weight is 297 g/mol. The predicted octanol–water partition coefficient (Wildman–Crippen LogP) is 2.40. The number of methoxy groups -OCH3 is 1. The van der Waals surface area contributed by atoms with E-state index in [1.807, 2.05) is 26.0 Å². The summed E-state index contributed by atoms with van der Waals surface area (Å²) in [6.45, 7) is 4.79. The Bertz CT molecular complexity index is 577. The topological polar surface area (TPSA) is 55.4 Å². The number of ether oxygens (including phenoxy) is 1. The number of benzene rings is 1. The third kappa shape index (κ3) is 3.22. The van der Waals surface area contributed by atoms with Crippen LogP contribution < -0.4 is 4.72 Å². The fourth-order valence-corrected chi connectivity index (χ4v) is 4.16. The third-order valence-electron chi connectivity index (χ3n) is 4.14. The van der Waals surface area contributed by atoms with E-state index in [4.69, 9.17) is 4.74 Å². The standard InChI is InChI=1S/C15H23NO3S/c1-12-5-6-13(2)14(9-12)20(17,18)16-10-15(11-19-3)7-4-8-15/h5-6,9,16H,4,7-8,10-11H2,1-3H3. The molecule has 0 unspecified atom stereocenters. The lowest BCUT2D eigenvalue weighted by Crippen LogP contribution is -2.45. The van der Waals surface area contributed by atoms with Crippen LogP contribution in [0.3, 0.4) is 0 Å². The van der Waals surface area contributed by atoms with Crippen LogP contribution in [0.4, 0.5) is 0 Å². The van der Waals surface area contributed by atoms with Gasteiger partial charge in [-0.25, -0.2) is 13.1 Å². The van der Waals surface area contributed by atoms with Crippen molar-refractivity contribution in [2.45, 2.75) is 38.0 Å². The molecular weight excluding hydrogens is 274 g/mol. The molecule has 1 N–H and O–H groups in total. The van der Waals surface area contributed by atoms with Crippen molar-refractivity contribution < 1.29 is 13.2 Å². The summed E-state index contributed by atoms with van der Waals surface area (Å²) in [5.41, 5.74) is 1.71. The first kappa shape index (κ1) is 15.5. The average Bonchev–Trinajstić information content (AvgIpc) is 2.35. The lowest BCUT2D eigenvalue weighted by molar-refractivity contribution is 0.0220. The maximum atomic E-state index is 12.4. The van der Waals surface area contributed by atoms with Crippen LogP contribution in [0.25, 0.3) is 0 Å². The van der Waals surface area contributed by atoms with Crippen molar-refractivity contribution in [3.63, 3.8) is 0 Å². The summed E-state index contributed by atoms with van der Waals surface area (Å²) in [6.07, 6.45) is 3.20. The highest BCUT2D eigenvalue weighted by atomic mass is 32.2. The summed E-state index contributed by atoms with van der Waals surface area (Å²) in [7, 11) is -1.78. The van der Waals surface area contributed by atoms with E-state index < -0.39 is 10.0 Å². The molecular formula is C15H23NO3S. The molecule has 4 nitrogen and oxygen atoms in total. The van der Waals surface area contributed by atoms with Crippen LogP contribution in [0.2, 0.25) is 0 Å². The second-order valence-electron chi connectivity index (χ2n) is 5.88. The van der Waals surface area contributed by atoms with Gasteiger partial charge in [0.05, 0.1) is 11.5 Å². The minimum atomic E-state index is -3.45. The summed E-state index contributed by atoms with van der Waals surface area (Å²) in [4.78, 5) is 0.379. The Hall–Kier alpha value is -0.910. The molecule has 0 bridgehead atoms. The monoisotopic (exact) mass is 297 g/mol. The quantitative estimate of drug-likeness (QED) is 0.877. The Morgan fingerprint density at radius 1 is 1.30 bits per heavy atom. The van der Waals surface area contributed by atoms with Gasteiger partial charge in [0.15, 0.2) is 0 Å². The molecule has 1 aromatic carbocycles. The number of hydrogen-bond acceptors (Lipinski definition) is 3. The van der Waals surface area contributed by atoms with Gasteiger partial charge in [0.25, 0.3) is 0 Å². The second kappa shape index (κ2) is 5.84. The lowest BCUT2D eigenvalue weighted by atomic mass is 9.69. The van der Waals surface area contributed by atoms with Crippen LogP contribution >= 0.6 is 0 Å². The number of rotatable bonds is 6. The summed E-state index contributed by atoms with van der Waals surface area (Å²) >= 11 is 0. The first-order valence-electron chi connectivity index (χ1n) is 6.94. The highest BCUT2D eigenvalue weighted by Crippen LogP contribution is 2.40. The van der Waals surface area contributed by atoms with Gasteiger partial charge in [-0.1, -0.05) is 18.6 Å². The smallest absolute Gasteiger partial charge is 0.240 e. The minimum absolute atomic E-state index is 0.0143. The molecule has 0 aromatic heterocycles. The zero-order chi connectivity index (χ0) is 14.8. The molecule has 112 valence electrons. The first-order valence-corrected chi connectivity index (χ1v) is 8.43. The molecule has 0 atom stereocenters. The first-order chi connectivity index (χ1) is 9.38. The summed E-state index contributed by atoms with van der Waals surface area (Å²) in [6, 6.07) is 5.49. The van der Waals surface area contributed by atoms with E-state index in [0.29, 0.717) is 18.0 Å². The molecule has 5 heteroatoms. The molecule has 0 radical (unpaired) electrons. The molecule has 1 aliphatic rings. The van der Waals surface area contributed by atoms with Crippen LogP contribution in [0.5, 0.6) is 0 Å². The van der Waals surface area contributed by atoms with Crippen molar-refractivity contribution >= 4 is 10.0 Å². The number of nitrogens with one attached hydrogen (secondary N) is 1. The van der Waals surface area contributed by atoms with Crippen molar-refractivity contribution in [1.29, 1.82) is 0 Å². The van der Waals surface area contributed by atoms with E-state index in [1.54, 1.807) is 13.2 Å². The number of sulfonamides is 1. The summed E-state index contributed by atoms with van der Waals surface area (Å²) in [5.74, 6) is 0. The minimum Gasteiger partial charge on any atom is -0.384 e. The molecule has 1 fully saturated rings. The Balaban J connectivity index is 2.13. The van der Waals surface area contributed by atoms with Gasteiger partial charge in [-0.15, -0.1) is 0 Å². The maximum Gasteiger partial charge on any atom is 0.240 e. The van der Waals surface area contributed by atoms with Crippen molar-refractivity contribution in [1.82, 2.24) is 4.72 Å². The van der Waals surface area contributed by atoms with E-state index >= 15 is 0 Å². The van der Waals surface area contributed by atoms with Crippen LogP contribution in [-0.4, -0.2) is 28.7 Å². The maximum absolute atomic E-state index is 12.4. The third-order valence-corrected chi connectivity index (χ3v) is 5.68. The lowest BCUT2D eigenvalue weighted by Gasteiger charge is -2.41. The van der Waals surface area contributed by atoms with Gasteiger partial charge in [-0.3, -0.25) is 0 Å². The van der Waals surface area contributed by atoms with Gasteiger partial charge in [0, 0.05) is 19.1 Å². The van der Waals surface area contributed by atoms with E-state index in [9.17, 15) is 8.42 Å². The number of hydrogen-bond donors (Lipinski definition) is 1. The number of aryl methyl sites for hydroxylation is 2. The predicted molar refractivity (Wildman–Crippen MR) is 79.3 cm³/mol. The highest BCUT2D eigenvalue weighted by Gasteiger charge is 2.38. The van der Waals surface area contributed by atoms with Crippen molar-refractivity contribution in [2.24, 2.45) is 5.41 Å². The molecule has 0 amide bonds. The largest absolute Gasteiger partial charge is 0.384 e. The fourth-order valence-electron chi connectivity index (χ4n) is 2.68. The van der Waals surface area contributed by atoms with Gasteiger partial charge in [-0.2, -0.15) is 0 Å². The van der Waals surface area contributed by atoms with E-state index in [-0.39, 0.29) is 5.41 Å². The van der Waals surface area contributed by atoms with Gasteiger partial charge < -0.3 is 4.74 Å². The Kier molecular flexibility index (Phi) is 4.52.